The van der Waals surface area contributed by atoms with E-state index in [1.165, 1.54) is 0 Å². The van der Waals surface area contributed by atoms with Crippen LogP contribution in [0.3, 0.4) is 0 Å². The lowest BCUT2D eigenvalue weighted by Crippen LogP contribution is -2.41. The highest BCUT2D eigenvalue weighted by Crippen LogP contribution is 2.73. The van der Waals surface area contributed by atoms with Crippen LogP contribution in [0.4, 0.5) is 0 Å². The lowest BCUT2D eigenvalue weighted by Gasteiger charge is -2.36. The van der Waals surface area contributed by atoms with Crippen molar-refractivity contribution in [3.63, 3.8) is 0 Å². The molecule has 1 heterocycles. The summed E-state index contributed by atoms with van der Waals surface area (Å²) in [6.07, 6.45) is -0.599. The molecule has 1 aliphatic heterocycles. The number of rotatable bonds is 13. The summed E-state index contributed by atoms with van der Waals surface area (Å²) in [5, 5.41) is 0. The third kappa shape index (κ3) is 9.27. The summed E-state index contributed by atoms with van der Waals surface area (Å²) in [6.45, 7) is 17.4. The minimum atomic E-state index is -3.34. The zero-order valence-corrected chi connectivity index (χ0v) is 26.4. The second-order valence-electron chi connectivity index (χ2n) is 10.0. The Morgan fingerprint density at radius 2 is 1.21 bits per heavy atom. The summed E-state index contributed by atoms with van der Waals surface area (Å²) < 4.78 is 52.1. The molecule has 0 saturated carbocycles. The zero-order valence-electron chi connectivity index (χ0n) is 23.7. The van der Waals surface area contributed by atoms with E-state index in [1.807, 2.05) is 104 Å². The predicted octanol–water partition coefficient (Wildman–Crippen LogP) is 9.72. The van der Waals surface area contributed by atoms with Crippen molar-refractivity contribution in [3.8, 4) is 11.5 Å². The Balaban J connectivity index is 2.05. The molecule has 2 atom stereocenters. The molecule has 0 radical (unpaired) electrons. The summed E-state index contributed by atoms with van der Waals surface area (Å²) in [5.74, 6) is -0.0205. The van der Waals surface area contributed by atoms with Gasteiger partial charge in [-0.3, -0.25) is 4.52 Å². The van der Waals surface area contributed by atoms with Gasteiger partial charge in [0.15, 0.2) is 15.1 Å². The van der Waals surface area contributed by atoms with Crippen LogP contribution in [0.1, 0.15) is 59.6 Å². The van der Waals surface area contributed by atoms with Crippen molar-refractivity contribution in [1.29, 1.82) is 0 Å². The molecular weight excluding hydrogens is 543 g/mol. The maximum atomic E-state index is 6.68. The zero-order chi connectivity index (χ0) is 28.0. The van der Waals surface area contributed by atoms with Crippen LogP contribution in [0.25, 0.3) is 0 Å². The Labute approximate surface area is 229 Å². The van der Waals surface area contributed by atoms with E-state index in [2.05, 4.69) is 9.03 Å². The van der Waals surface area contributed by atoms with Gasteiger partial charge in [-0.2, -0.15) is 9.03 Å². The molecule has 2 aromatic carbocycles. The second-order valence-corrected chi connectivity index (χ2v) is 15.1. The number of hydrogen-bond acceptors (Lipinski definition) is 9. The SMILES string of the molecule is Cc1ccc(OCC(C)(Oc2ccc(C)cc2)OP2(OC(C)C)=NP=NP(OC(C)C)(OC(C)C)=N2)cc1. The molecule has 9 nitrogen and oxygen atoms in total. The molecule has 0 N–H and O–H groups in total. The van der Waals surface area contributed by atoms with Gasteiger partial charge < -0.3 is 23.0 Å². The summed E-state index contributed by atoms with van der Waals surface area (Å²) in [5.41, 5.74) is 2.26. The molecule has 0 bridgehead atoms. The fraction of sp³-hybridized carbons (Fsp3) is 0.538. The van der Waals surface area contributed by atoms with E-state index < -0.39 is 21.1 Å². The molecule has 3 rings (SSSR count). The van der Waals surface area contributed by atoms with Crippen molar-refractivity contribution in [2.45, 2.75) is 86.4 Å². The highest BCUT2D eigenvalue weighted by molar-refractivity contribution is 7.72. The average molecular weight is 584 g/mol. The van der Waals surface area contributed by atoms with Gasteiger partial charge in [0.2, 0.25) is 5.79 Å². The van der Waals surface area contributed by atoms with Crippen LogP contribution in [0.2, 0.25) is 0 Å². The molecule has 0 amide bonds. The molecule has 0 fully saturated rings. The molecule has 12 heteroatoms. The van der Waals surface area contributed by atoms with Crippen LogP contribution in [0.5, 0.6) is 11.5 Å². The first-order chi connectivity index (χ1) is 17.8. The lowest BCUT2D eigenvalue weighted by atomic mass is 10.2. The quantitative estimate of drug-likeness (QED) is 0.172. The van der Waals surface area contributed by atoms with Gasteiger partial charge in [0, 0.05) is 6.92 Å². The van der Waals surface area contributed by atoms with Crippen molar-refractivity contribution in [1.82, 2.24) is 0 Å². The smallest absolute Gasteiger partial charge is 0.354 e. The number of aryl methyl sites for hydroxylation is 2. The summed E-state index contributed by atoms with van der Waals surface area (Å²) in [7, 11) is -6.06. The summed E-state index contributed by atoms with van der Waals surface area (Å²) in [4.78, 5) is 0. The van der Waals surface area contributed by atoms with Gasteiger partial charge in [-0.25, -0.2) is 0 Å². The fourth-order valence-corrected chi connectivity index (χ4v) is 10.3. The van der Waals surface area contributed by atoms with Crippen molar-refractivity contribution >= 4 is 23.8 Å². The van der Waals surface area contributed by atoms with E-state index in [0.29, 0.717) is 20.0 Å². The standard InChI is InChI=1S/C26H40N3O6P3/c1-19(2)32-37(33-20(3)4)27-36-28-38(29-37,34-21(5)6)35-26(9,31-25-16-12-23(8)13-17-25)18-30-24-14-10-22(7)11-15-24/h10-17,19-21H,18H2,1-9H3. The number of nitrogens with zero attached hydrogens (tertiary/aromatic N) is 3. The molecule has 2 aromatic rings. The molecular formula is C26H40N3O6P3. The van der Waals surface area contributed by atoms with Gasteiger partial charge in [0.1, 0.15) is 11.5 Å². The number of benzene rings is 2. The molecule has 38 heavy (non-hydrogen) atoms. The molecule has 1 aliphatic rings. The van der Waals surface area contributed by atoms with Crippen molar-refractivity contribution in [2.24, 2.45) is 13.5 Å². The van der Waals surface area contributed by atoms with Crippen LogP contribution < -0.4 is 9.47 Å². The molecule has 210 valence electrons. The molecule has 0 aliphatic carbocycles. The second kappa shape index (κ2) is 13.2. The van der Waals surface area contributed by atoms with Gasteiger partial charge in [-0.1, -0.05) is 35.4 Å². The van der Waals surface area contributed by atoms with Crippen LogP contribution in [-0.2, 0) is 18.1 Å². The highest BCUT2D eigenvalue weighted by Gasteiger charge is 2.43. The van der Waals surface area contributed by atoms with Gasteiger partial charge in [0.05, 0.1) is 18.3 Å². The van der Waals surface area contributed by atoms with Gasteiger partial charge in [-0.05, 0) is 79.7 Å². The third-order valence-corrected chi connectivity index (χ3v) is 11.7. The number of ether oxygens (including phenoxy) is 2. The van der Waals surface area contributed by atoms with E-state index >= 15 is 0 Å². The first kappa shape index (κ1) is 31.0. The summed E-state index contributed by atoms with van der Waals surface area (Å²) in [6, 6.07) is 15.5. The largest absolute Gasteiger partial charge is 0.487 e. The first-order valence-electron chi connectivity index (χ1n) is 12.7. The average Bonchev–Trinajstić information content (AvgIpc) is 2.78. The van der Waals surface area contributed by atoms with Crippen LogP contribution in [0, 0.1) is 13.8 Å². The fourth-order valence-electron chi connectivity index (χ4n) is 3.36. The van der Waals surface area contributed by atoms with E-state index in [-0.39, 0.29) is 24.9 Å². The highest BCUT2D eigenvalue weighted by atomic mass is 31.3. The first-order valence-corrected chi connectivity index (χ1v) is 16.6. The molecule has 0 saturated heterocycles. The van der Waals surface area contributed by atoms with E-state index in [4.69, 9.17) is 32.1 Å². The Bertz CT molecular complexity index is 1190. The Morgan fingerprint density at radius 1 is 0.737 bits per heavy atom. The Morgan fingerprint density at radius 3 is 1.71 bits per heavy atom. The van der Waals surface area contributed by atoms with E-state index in [1.54, 1.807) is 6.92 Å². The molecule has 2 unspecified atom stereocenters. The topological polar surface area (TPSA) is 92.5 Å². The monoisotopic (exact) mass is 583 g/mol. The van der Waals surface area contributed by atoms with Gasteiger partial charge in [0.25, 0.3) is 0 Å². The van der Waals surface area contributed by atoms with E-state index in [9.17, 15) is 0 Å². The molecule has 0 spiro atoms. The maximum Gasteiger partial charge on any atom is 0.354 e. The molecule has 0 aromatic heterocycles. The van der Waals surface area contributed by atoms with Crippen molar-refractivity contribution in [3.05, 3.63) is 59.7 Å². The van der Waals surface area contributed by atoms with Crippen molar-refractivity contribution in [2.75, 3.05) is 6.61 Å². The van der Waals surface area contributed by atoms with Crippen LogP contribution in [-0.4, -0.2) is 30.7 Å². The van der Waals surface area contributed by atoms with Gasteiger partial charge in [-0.15, -0.1) is 4.52 Å². The Hall–Kier alpha value is -1.56. The minimum Gasteiger partial charge on any atom is -0.487 e. The minimum absolute atomic E-state index is 0.0493. The Kier molecular flexibility index (Phi) is 10.8. The predicted molar refractivity (Wildman–Crippen MR) is 155 cm³/mol. The number of hydrogen-bond donors (Lipinski definition) is 0. The van der Waals surface area contributed by atoms with Crippen LogP contribution in [0.15, 0.2) is 62.1 Å². The van der Waals surface area contributed by atoms with Crippen molar-refractivity contribution < 1.29 is 27.6 Å². The van der Waals surface area contributed by atoms with Crippen LogP contribution >= 0.6 is 23.8 Å². The normalized spacial score (nSPS) is 20.6. The van der Waals surface area contributed by atoms with Gasteiger partial charge >= 0.3 is 15.3 Å². The third-order valence-electron chi connectivity index (χ3n) is 4.77. The maximum absolute atomic E-state index is 6.68. The van der Waals surface area contributed by atoms with E-state index in [0.717, 1.165) is 11.1 Å². The lowest BCUT2D eigenvalue weighted by molar-refractivity contribution is -0.126. The summed E-state index contributed by atoms with van der Waals surface area (Å²) >= 11 is 0.